The van der Waals surface area contributed by atoms with Crippen LogP contribution in [0.3, 0.4) is 0 Å². The Morgan fingerprint density at radius 2 is 1.71 bits per heavy atom. The van der Waals surface area contributed by atoms with Gasteiger partial charge < -0.3 is 9.64 Å². The summed E-state index contributed by atoms with van der Waals surface area (Å²) < 4.78 is 5.62. The normalized spacial score (nSPS) is 15.0. The van der Waals surface area contributed by atoms with Gasteiger partial charge in [0.05, 0.1) is 5.02 Å². The van der Waals surface area contributed by atoms with Crippen LogP contribution in [0.4, 0.5) is 5.95 Å². The van der Waals surface area contributed by atoms with Gasteiger partial charge in [0.1, 0.15) is 5.75 Å². The fourth-order valence-electron chi connectivity index (χ4n) is 2.23. The van der Waals surface area contributed by atoms with E-state index in [0.717, 1.165) is 25.9 Å². The first-order chi connectivity index (χ1) is 10.2. The van der Waals surface area contributed by atoms with E-state index in [-0.39, 0.29) is 11.3 Å². The third-order valence-electron chi connectivity index (χ3n) is 3.25. The zero-order valence-electron chi connectivity index (χ0n) is 11.3. The molecule has 0 amide bonds. The van der Waals surface area contributed by atoms with Crippen LogP contribution in [0.5, 0.6) is 11.8 Å². The zero-order chi connectivity index (χ0) is 14.7. The lowest BCUT2D eigenvalue weighted by Gasteiger charge is -2.26. The Bertz CT molecular complexity index is 632. The molecule has 1 fully saturated rings. The molecule has 0 spiro atoms. The molecule has 1 aliphatic heterocycles. The van der Waals surface area contributed by atoms with E-state index < -0.39 is 0 Å². The molecule has 1 aromatic heterocycles. The van der Waals surface area contributed by atoms with Crippen molar-refractivity contribution in [1.29, 1.82) is 0 Å². The Morgan fingerprint density at radius 1 is 0.952 bits per heavy atom. The number of aromatic nitrogens is 3. The zero-order valence-corrected chi connectivity index (χ0v) is 12.8. The molecule has 1 aliphatic rings. The Hall–Kier alpha value is -1.59. The third-order valence-corrected chi connectivity index (χ3v) is 3.73. The number of hydrogen-bond acceptors (Lipinski definition) is 5. The molecular formula is C14H14Cl2N4O. The molecule has 5 nitrogen and oxygen atoms in total. The number of anilines is 1. The molecule has 1 saturated heterocycles. The van der Waals surface area contributed by atoms with Gasteiger partial charge in [0.2, 0.25) is 11.2 Å². The molecule has 1 aromatic carbocycles. The topological polar surface area (TPSA) is 51.1 Å². The van der Waals surface area contributed by atoms with Gasteiger partial charge >= 0.3 is 6.01 Å². The van der Waals surface area contributed by atoms with Crippen molar-refractivity contribution in [3.8, 4) is 11.8 Å². The summed E-state index contributed by atoms with van der Waals surface area (Å²) in [5.74, 6) is 1.04. The number of ether oxygens (including phenoxy) is 1. The molecule has 21 heavy (non-hydrogen) atoms. The van der Waals surface area contributed by atoms with E-state index in [1.54, 1.807) is 12.1 Å². The SMILES string of the molecule is Clc1nc(Oc2ccccc2Cl)nc(N2CCCCC2)n1. The predicted octanol–water partition coefficient (Wildman–Crippen LogP) is 3.96. The van der Waals surface area contributed by atoms with E-state index in [1.165, 1.54) is 6.42 Å². The number of piperidine rings is 1. The highest BCUT2D eigenvalue weighted by Crippen LogP contribution is 2.28. The average Bonchev–Trinajstić information content (AvgIpc) is 2.50. The van der Waals surface area contributed by atoms with Gasteiger partial charge in [-0.2, -0.15) is 15.0 Å². The first kappa shape index (κ1) is 14.4. The lowest BCUT2D eigenvalue weighted by Crippen LogP contribution is -2.31. The van der Waals surface area contributed by atoms with E-state index in [1.807, 2.05) is 12.1 Å². The number of benzene rings is 1. The second-order valence-electron chi connectivity index (χ2n) is 4.77. The first-order valence-corrected chi connectivity index (χ1v) is 7.57. The maximum atomic E-state index is 6.06. The van der Waals surface area contributed by atoms with Crippen LogP contribution in [0.1, 0.15) is 19.3 Å². The fourth-order valence-corrected chi connectivity index (χ4v) is 2.55. The van der Waals surface area contributed by atoms with Gasteiger partial charge in [0, 0.05) is 13.1 Å². The standard InChI is InChI=1S/C14H14Cl2N4O/c15-10-6-2-3-7-11(10)21-14-18-12(16)17-13(19-14)20-8-4-1-5-9-20/h2-3,6-7H,1,4-5,8-9H2. The molecule has 0 saturated carbocycles. The van der Waals surface area contributed by atoms with Crippen molar-refractivity contribution >= 4 is 29.2 Å². The summed E-state index contributed by atoms with van der Waals surface area (Å²) in [6.45, 7) is 1.84. The van der Waals surface area contributed by atoms with Gasteiger partial charge in [-0.25, -0.2) is 0 Å². The minimum atomic E-state index is 0.118. The van der Waals surface area contributed by atoms with Gasteiger partial charge in [-0.3, -0.25) is 0 Å². The van der Waals surface area contributed by atoms with Crippen LogP contribution in [-0.4, -0.2) is 28.0 Å². The third kappa shape index (κ3) is 3.54. The number of para-hydroxylation sites is 1. The average molecular weight is 325 g/mol. The van der Waals surface area contributed by atoms with E-state index in [2.05, 4.69) is 19.9 Å². The quantitative estimate of drug-likeness (QED) is 0.855. The maximum Gasteiger partial charge on any atom is 0.328 e. The minimum Gasteiger partial charge on any atom is -0.423 e. The number of rotatable bonds is 3. The molecule has 0 radical (unpaired) electrons. The lowest BCUT2D eigenvalue weighted by molar-refractivity contribution is 0.437. The Labute approximate surface area is 132 Å². The lowest BCUT2D eigenvalue weighted by atomic mass is 10.1. The Balaban J connectivity index is 1.85. The van der Waals surface area contributed by atoms with Gasteiger partial charge in [0.15, 0.2) is 0 Å². The van der Waals surface area contributed by atoms with Gasteiger partial charge in [-0.15, -0.1) is 0 Å². The molecule has 0 aliphatic carbocycles. The smallest absolute Gasteiger partial charge is 0.328 e. The number of halogens is 2. The summed E-state index contributed by atoms with van der Waals surface area (Å²) >= 11 is 12.0. The highest BCUT2D eigenvalue weighted by molar-refractivity contribution is 6.32. The van der Waals surface area contributed by atoms with Crippen molar-refractivity contribution in [3.05, 3.63) is 34.6 Å². The Morgan fingerprint density at radius 3 is 2.48 bits per heavy atom. The monoisotopic (exact) mass is 324 g/mol. The second kappa shape index (κ2) is 6.45. The molecule has 7 heteroatoms. The predicted molar refractivity (Wildman–Crippen MR) is 82.4 cm³/mol. The van der Waals surface area contributed by atoms with Crippen LogP contribution >= 0.6 is 23.2 Å². The summed E-state index contributed by atoms with van der Waals surface area (Å²) in [6, 6.07) is 7.31. The summed E-state index contributed by atoms with van der Waals surface area (Å²) in [7, 11) is 0. The van der Waals surface area contributed by atoms with Crippen LogP contribution in [0.15, 0.2) is 24.3 Å². The Kier molecular flexibility index (Phi) is 4.41. The van der Waals surface area contributed by atoms with Crippen molar-refractivity contribution < 1.29 is 4.74 Å². The van der Waals surface area contributed by atoms with Crippen LogP contribution in [0, 0.1) is 0 Å². The van der Waals surface area contributed by atoms with E-state index in [0.29, 0.717) is 16.7 Å². The summed E-state index contributed by atoms with van der Waals surface area (Å²) in [5, 5.41) is 0.612. The maximum absolute atomic E-state index is 6.06. The molecule has 2 heterocycles. The van der Waals surface area contributed by atoms with Crippen LogP contribution in [-0.2, 0) is 0 Å². The van der Waals surface area contributed by atoms with Crippen molar-refractivity contribution in [1.82, 2.24) is 15.0 Å². The second-order valence-corrected chi connectivity index (χ2v) is 5.51. The highest BCUT2D eigenvalue weighted by atomic mass is 35.5. The van der Waals surface area contributed by atoms with Gasteiger partial charge in [-0.1, -0.05) is 23.7 Å². The van der Waals surface area contributed by atoms with Crippen molar-refractivity contribution in [2.45, 2.75) is 19.3 Å². The van der Waals surface area contributed by atoms with E-state index in [9.17, 15) is 0 Å². The van der Waals surface area contributed by atoms with Crippen LogP contribution in [0.25, 0.3) is 0 Å². The molecule has 110 valence electrons. The van der Waals surface area contributed by atoms with Crippen molar-refractivity contribution in [2.75, 3.05) is 18.0 Å². The highest BCUT2D eigenvalue weighted by Gasteiger charge is 2.17. The fraction of sp³-hybridized carbons (Fsp3) is 0.357. The van der Waals surface area contributed by atoms with Crippen LogP contribution < -0.4 is 9.64 Å². The van der Waals surface area contributed by atoms with Crippen molar-refractivity contribution in [2.24, 2.45) is 0 Å². The summed E-state index contributed by atoms with van der Waals surface area (Å²) in [6.07, 6.45) is 3.49. The van der Waals surface area contributed by atoms with Gasteiger partial charge in [0.25, 0.3) is 0 Å². The van der Waals surface area contributed by atoms with Gasteiger partial charge in [-0.05, 0) is 43.0 Å². The van der Waals surface area contributed by atoms with Crippen molar-refractivity contribution in [3.63, 3.8) is 0 Å². The molecule has 0 atom stereocenters. The van der Waals surface area contributed by atoms with E-state index in [4.69, 9.17) is 27.9 Å². The number of nitrogens with zero attached hydrogens (tertiary/aromatic N) is 4. The molecule has 0 N–H and O–H groups in total. The first-order valence-electron chi connectivity index (χ1n) is 6.81. The molecule has 0 unspecified atom stereocenters. The summed E-state index contributed by atoms with van der Waals surface area (Å²) in [4.78, 5) is 14.6. The largest absolute Gasteiger partial charge is 0.423 e. The van der Waals surface area contributed by atoms with E-state index >= 15 is 0 Å². The number of hydrogen-bond donors (Lipinski definition) is 0. The van der Waals surface area contributed by atoms with Crippen LogP contribution in [0.2, 0.25) is 10.3 Å². The molecule has 0 bridgehead atoms. The minimum absolute atomic E-state index is 0.118. The molecule has 2 aromatic rings. The molecular weight excluding hydrogens is 311 g/mol. The molecule has 3 rings (SSSR count). The summed E-state index contributed by atoms with van der Waals surface area (Å²) in [5.41, 5.74) is 0.